The van der Waals surface area contributed by atoms with Crippen molar-refractivity contribution >= 4 is 29.0 Å². The average Bonchev–Trinajstić information content (AvgIpc) is 3.20. The van der Waals surface area contributed by atoms with Crippen molar-refractivity contribution in [2.75, 3.05) is 17.3 Å². The van der Waals surface area contributed by atoms with Crippen LogP contribution in [0.1, 0.15) is 5.82 Å². The molecule has 0 radical (unpaired) electrons. The summed E-state index contributed by atoms with van der Waals surface area (Å²) in [7, 11) is 3.42. The number of carbonyl (C=O) groups excluding carboxylic acids is 1. The van der Waals surface area contributed by atoms with Gasteiger partial charge in [0.1, 0.15) is 11.6 Å². The van der Waals surface area contributed by atoms with Crippen molar-refractivity contribution in [2.24, 2.45) is 7.05 Å². The molecule has 1 aromatic heterocycles. The van der Waals surface area contributed by atoms with Gasteiger partial charge in [0.25, 0.3) is 0 Å². The highest BCUT2D eigenvalue weighted by Gasteiger charge is 2.21. The van der Waals surface area contributed by atoms with E-state index in [0.29, 0.717) is 28.8 Å². The Kier molecular flexibility index (Phi) is 6.55. The van der Waals surface area contributed by atoms with Gasteiger partial charge in [0, 0.05) is 24.0 Å². The summed E-state index contributed by atoms with van der Waals surface area (Å²) in [5.74, 6) is 1.37. The van der Waals surface area contributed by atoms with E-state index < -0.39 is 11.8 Å². The van der Waals surface area contributed by atoms with Gasteiger partial charge in [-0.05, 0) is 42.5 Å². The summed E-state index contributed by atoms with van der Waals surface area (Å²) in [4.78, 5) is 14.8. The molecule has 4 aromatic rings. The highest BCUT2D eigenvalue weighted by Crippen LogP contribution is 2.25. The minimum atomic E-state index is -0.561. The largest absolute Gasteiger partial charge is 0.497 e. The van der Waals surface area contributed by atoms with Gasteiger partial charge in [0.05, 0.1) is 18.7 Å². The highest BCUT2D eigenvalue weighted by molar-refractivity contribution is 6.31. The number of methoxy groups -OCH3 is 1. The number of halogens is 2. The lowest BCUT2D eigenvalue weighted by Gasteiger charge is -2.23. The lowest BCUT2D eigenvalue weighted by atomic mass is 10.2. The lowest BCUT2D eigenvalue weighted by molar-refractivity contribution is 0.256. The minimum Gasteiger partial charge on any atom is -0.497 e. The topological polar surface area (TPSA) is 72.3 Å². The fourth-order valence-corrected chi connectivity index (χ4v) is 3.47. The predicted octanol–water partition coefficient (Wildman–Crippen LogP) is 5.52. The Morgan fingerprint density at radius 3 is 2.48 bits per heavy atom. The number of carbonyl (C=O) groups is 1. The number of nitrogens with zero attached hydrogens (tertiary/aromatic N) is 4. The number of ether oxygens (including phenoxy) is 1. The van der Waals surface area contributed by atoms with Gasteiger partial charge in [0.15, 0.2) is 11.6 Å². The fourth-order valence-electron chi connectivity index (χ4n) is 3.29. The Hall–Kier alpha value is -3.91. The van der Waals surface area contributed by atoms with E-state index in [1.54, 1.807) is 31.4 Å². The van der Waals surface area contributed by atoms with E-state index in [4.69, 9.17) is 16.3 Å². The fraction of sp³-hybridized carbons (Fsp3) is 0.125. The normalized spacial score (nSPS) is 10.7. The van der Waals surface area contributed by atoms with Crippen LogP contribution in [0.25, 0.3) is 11.4 Å². The molecule has 4 rings (SSSR count). The molecule has 3 aromatic carbocycles. The molecule has 0 saturated carbocycles. The second-order valence-electron chi connectivity index (χ2n) is 7.21. The summed E-state index contributed by atoms with van der Waals surface area (Å²) < 4.78 is 20.6. The van der Waals surface area contributed by atoms with Gasteiger partial charge in [-0.15, -0.1) is 10.2 Å². The van der Waals surface area contributed by atoms with E-state index in [-0.39, 0.29) is 11.6 Å². The minimum absolute atomic E-state index is 0.0791. The Bertz CT molecular complexity index is 1260. The summed E-state index contributed by atoms with van der Waals surface area (Å²) in [5, 5.41) is 11.3. The highest BCUT2D eigenvalue weighted by atomic mass is 35.5. The molecule has 1 N–H and O–H groups in total. The van der Waals surface area contributed by atoms with Crippen molar-refractivity contribution in [1.82, 2.24) is 14.8 Å². The zero-order valence-electron chi connectivity index (χ0n) is 18.0. The van der Waals surface area contributed by atoms with Crippen molar-refractivity contribution < 1.29 is 13.9 Å². The summed E-state index contributed by atoms with van der Waals surface area (Å²) in [6.45, 7) is 0.142. The van der Waals surface area contributed by atoms with E-state index in [1.165, 1.54) is 23.1 Å². The third kappa shape index (κ3) is 4.96. The maximum absolute atomic E-state index is 13.5. The van der Waals surface area contributed by atoms with Gasteiger partial charge in [-0.1, -0.05) is 41.9 Å². The van der Waals surface area contributed by atoms with E-state index in [1.807, 2.05) is 41.9 Å². The van der Waals surface area contributed by atoms with Gasteiger partial charge >= 0.3 is 6.03 Å². The molecule has 0 fully saturated rings. The molecule has 0 aliphatic heterocycles. The van der Waals surface area contributed by atoms with Crippen LogP contribution >= 0.6 is 11.6 Å². The molecule has 1 heterocycles. The van der Waals surface area contributed by atoms with Crippen LogP contribution in [0.15, 0.2) is 72.8 Å². The lowest BCUT2D eigenvalue weighted by Crippen LogP contribution is -2.35. The van der Waals surface area contributed by atoms with Gasteiger partial charge in [-0.3, -0.25) is 4.90 Å². The molecule has 7 nitrogen and oxygen atoms in total. The van der Waals surface area contributed by atoms with Crippen LogP contribution in [0.2, 0.25) is 5.02 Å². The van der Waals surface area contributed by atoms with Crippen LogP contribution in [-0.4, -0.2) is 27.9 Å². The van der Waals surface area contributed by atoms with Crippen LogP contribution in [0.4, 0.5) is 20.6 Å². The number of benzene rings is 3. The molecule has 0 saturated heterocycles. The summed E-state index contributed by atoms with van der Waals surface area (Å²) in [5.41, 5.74) is 1.90. The Balaban J connectivity index is 1.65. The van der Waals surface area contributed by atoms with Gasteiger partial charge in [-0.25, -0.2) is 9.18 Å². The van der Waals surface area contributed by atoms with Crippen molar-refractivity contribution in [1.29, 1.82) is 0 Å². The number of rotatable bonds is 6. The third-order valence-corrected chi connectivity index (χ3v) is 5.39. The summed E-state index contributed by atoms with van der Waals surface area (Å²) >= 11 is 5.86. The van der Waals surface area contributed by atoms with Crippen molar-refractivity contribution in [2.45, 2.75) is 6.54 Å². The zero-order chi connectivity index (χ0) is 23.4. The number of hydrogen-bond acceptors (Lipinski definition) is 4. The SMILES string of the molecule is COc1ccc(N(Cc2nnc(-c3ccccc3)n2C)C(=O)Nc2ccc(F)c(Cl)c2)cc1. The van der Waals surface area contributed by atoms with Gasteiger partial charge in [0.2, 0.25) is 0 Å². The van der Waals surface area contributed by atoms with Crippen LogP contribution in [0, 0.1) is 5.82 Å². The maximum Gasteiger partial charge on any atom is 0.326 e. The summed E-state index contributed by atoms with van der Waals surface area (Å²) in [6, 6.07) is 20.3. The van der Waals surface area contributed by atoms with Crippen LogP contribution in [0.5, 0.6) is 5.75 Å². The second-order valence-corrected chi connectivity index (χ2v) is 7.62. The molecular formula is C24H21ClFN5O2. The van der Waals surface area contributed by atoms with E-state index in [9.17, 15) is 9.18 Å². The smallest absolute Gasteiger partial charge is 0.326 e. The van der Waals surface area contributed by atoms with E-state index >= 15 is 0 Å². The quantitative estimate of drug-likeness (QED) is 0.407. The monoisotopic (exact) mass is 465 g/mol. The summed E-state index contributed by atoms with van der Waals surface area (Å²) in [6.07, 6.45) is 0. The predicted molar refractivity (Wildman–Crippen MR) is 126 cm³/mol. The standard InChI is InChI=1S/C24H21ClFN5O2/c1-30-22(28-29-23(30)16-6-4-3-5-7-16)15-31(18-9-11-19(33-2)12-10-18)24(32)27-17-8-13-21(26)20(25)14-17/h3-14H,15H2,1-2H3,(H,27,32). The molecule has 0 aliphatic rings. The molecule has 33 heavy (non-hydrogen) atoms. The third-order valence-electron chi connectivity index (χ3n) is 5.10. The number of nitrogens with one attached hydrogen (secondary N) is 1. The first-order valence-electron chi connectivity index (χ1n) is 10.1. The molecule has 0 aliphatic carbocycles. The zero-order valence-corrected chi connectivity index (χ0v) is 18.8. The van der Waals surface area contributed by atoms with Crippen LogP contribution in [-0.2, 0) is 13.6 Å². The van der Waals surface area contributed by atoms with E-state index in [2.05, 4.69) is 15.5 Å². The first-order chi connectivity index (χ1) is 16.0. The van der Waals surface area contributed by atoms with Crippen molar-refractivity contribution in [3.05, 3.63) is 89.5 Å². The Labute approximate surface area is 195 Å². The first-order valence-corrected chi connectivity index (χ1v) is 10.5. The second kappa shape index (κ2) is 9.70. The number of amides is 2. The number of urea groups is 1. The Morgan fingerprint density at radius 1 is 1.09 bits per heavy atom. The number of anilines is 2. The molecule has 2 amide bonds. The molecule has 0 atom stereocenters. The van der Waals surface area contributed by atoms with Crippen molar-refractivity contribution in [3.8, 4) is 17.1 Å². The average molecular weight is 466 g/mol. The van der Waals surface area contributed by atoms with Gasteiger partial charge in [-0.2, -0.15) is 0 Å². The van der Waals surface area contributed by atoms with Crippen molar-refractivity contribution in [3.63, 3.8) is 0 Å². The number of hydrogen-bond donors (Lipinski definition) is 1. The molecule has 9 heteroatoms. The molecule has 0 unspecified atom stereocenters. The maximum atomic E-state index is 13.5. The molecule has 0 bridgehead atoms. The molecule has 168 valence electrons. The number of aromatic nitrogens is 3. The van der Waals surface area contributed by atoms with E-state index in [0.717, 1.165) is 5.56 Å². The van der Waals surface area contributed by atoms with Crippen LogP contribution < -0.4 is 15.0 Å². The first kappa shape index (κ1) is 22.3. The van der Waals surface area contributed by atoms with Gasteiger partial charge < -0.3 is 14.6 Å². The molecular weight excluding hydrogens is 445 g/mol. The van der Waals surface area contributed by atoms with Crippen LogP contribution in [0.3, 0.4) is 0 Å². The molecule has 0 spiro atoms. The Morgan fingerprint density at radius 2 is 1.82 bits per heavy atom.